The van der Waals surface area contributed by atoms with E-state index in [-0.39, 0.29) is 0 Å². The van der Waals surface area contributed by atoms with E-state index in [1.54, 1.807) is 0 Å². The molecule has 0 radical (unpaired) electrons. The van der Waals surface area contributed by atoms with Crippen molar-refractivity contribution < 1.29 is 4.21 Å². The summed E-state index contributed by atoms with van der Waals surface area (Å²) >= 11 is 6.00. The average Bonchev–Trinajstić information content (AvgIpc) is 2.95. The van der Waals surface area contributed by atoms with Crippen molar-refractivity contribution in [3.05, 3.63) is 11.5 Å². The molecule has 5 nitrogen and oxygen atoms in total. The third-order valence-corrected chi connectivity index (χ3v) is 4.86. The fourth-order valence-electron chi connectivity index (χ4n) is 2.37. The van der Waals surface area contributed by atoms with Gasteiger partial charge in [0, 0.05) is 35.9 Å². The number of fused-ring (bicyclic) bond motifs is 1. The smallest absolute Gasteiger partial charge is 0.158 e. The lowest BCUT2D eigenvalue weighted by molar-refractivity contribution is 0.661. The van der Waals surface area contributed by atoms with E-state index < -0.39 is 10.8 Å². The second-order valence-electron chi connectivity index (χ2n) is 4.74. The van der Waals surface area contributed by atoms with Crippen LogP contribution in [-0.4, -0.2) is 35.0 Å². The SMILES string of the molecule is CCCc1nn(C)c2c1nc(CCl)n2CCS(=O)CC. The number of aryl methyl sites for hydroxylation is 3. The fraction of sp³-hybridized carbons (Fsp3) is 0.692. The highest BCUT2D eigenvalue weighted by Gasteiger charge is 2.18. The quantitative estimate of drug-likeness (QED) is 0.736. The number of imidazole rings is 1. The van der Waals surface area contributed by atoms with Crippen molar-refractivity contribution in [1.82, 2.24) is 19.3 Å². The Hall–Kier alpha value is -0.880. The molecule has 2 rings (SSSR count). The largest absolute Gasteiger partial charge is 0.311 e. The van der Waals surface area contributed by atoms with Gasteiger partial charge < -0.3 is 4.57 Å². The van der Waals surface area contributed by atoms with E-state index in [2.05, 4.69) is 21.6 Å². The van der Waals surface area contributed by atoms with Gasteiger partial charge in [0.25, 0.3) is 0 Å². The van der Waals surface area contributed by atoms with Crippen molar-refractivity contribution in [2.24, 2.45) is 7.05 Å². The van der Waals surface area contributed by atoms with Crippen LogP contribution in [0.4, 0.5) is 0 Å². The predicted molar refractivity (Wildman–Crippen MR) is 83.6 cm³/mol. The highest BCUT2D eigenvalue weighted by molar-refractivity contribution is 7.84. The minimum atomic E-state index is -0.789. The van der Waals surface area contributed by atoms with Crippen molar-refractivity contribution in [3.8, 4) is 0 Å². The number of hydrogen-bond acceptors (Lipinski definition) is 3. The summed E-state index contributed by atoms with van der Waals surface area (Å²) in [5.41, 5.74) is 2.94. The van der Waals surface area contributed by atoms with Gasteiger partial charge >= 0.3 is 0 Å². The van der Waals surface area contributed by atoms with Crippen LogP contribution in [-0.2, 0) is 36.7 Å². The molecule has 1 unspecified atom stereocenters. The standard InChI is InChI=1S/C13H21ClN4OS/c1-4-6-10-12-13(17(3)16-10)18(11(9-14)15-12)7-8-20(19)5-2/h4-9H2,1-3H3. The summed E-state index contributed by atoms with van der Waals surface area (Å²) in [5, 5.41) is 4.54. The van der Waals surface area contributed by atoms with Gasteiger partial charge in [0.2, 0.25) is 0 Å². The summed E-state index contributed by atoms with van der Waals surface area (Å²) in [7, 11) is 1.14. The van der Waals surface area contributed by atoms with Gasteiger partial charge in [0.15, 0.2) is 5.65 Å². The van der Waals surface area contributed by atoms with Crippen LogP contribution in [0.5, 0.6) is 0 Å². The topological polar surface area (TPSA) is 52.7 Å². The van der Waals surface area contributed by atoms with Crippen molar-refractivity contribution in [3.63, 3.8) is 0 Å². The summed E-state index contributed by atoms with van der Waals surface area (Å²) in [5.74, 6) is 2.50. The molecule has 0 aliphatic carbocycles. The Labute approximate surface area is 126 Å². The molecule has 0 amide bonds. The first-order chi connectivity index (χ1) is 9.62. The Balaban J connectivity index is 2.43. The molecule has 0 fully saturated rings. The monoisotopic (exact) mass is 316 g/mol. The van der Waals surface area contributed by atoms with Gasteiger partial charge in [0.05, 0.1) is 11.6 Å². The van der Waals surface area contributed by atoms with E-state index in [9.17, 15) is 4.21 Å². The lowest BCUT2D eigenvalue weighted by Crippen LogP contribution is -2.13. The fourth-order valence-corrected chi connectivity index (χ4v) is 3.25. The zero-order chi connectivity index (χ0) is 14.7. The summed E-state index contributed by atoms with van der Waals surface area (Å²) in [6.45, 7) is 4.74. The highest BCUT2D eigenvalue weighted by atomic mass is 35.5. The molecule has 7 heteroatoms. The second kappa shape index (κ2) is 6.72. The summed E-state index contributed by atoms with van der Waals surface area (Å²) < 4.78 is 15.6. The molecule has 0 aliphatic rings. The maximum absolute atomic E-state index is 11.7. The van der Waals surface area contributed by atoms with Crippen LogP contribution in [0.15, 0.2) is 0 Å². The molecular formula is C13H21ClN4OS. The maximum Gasteiger partial charge on any atom is 0.158 e. The zero-order valence-electron chi connectivity index (χ0n) is 12.2. The Morgan fingerprint density at radius 2 is 2.10 bits per heavy atom. The highest BCUT2D eigenvalue weighted by Crippen LogP contribution is 2.21. The minimum Gasteiger partial charge on any atom is -0.311 e. The molecule has 1 atom stereocenters. The third-order valence-electron chi connectivity index (χ3n) is 3.34. The predicted octanol–water partition coefficient (Wildman–Crippen LogP) is 2.23. The molecule has 0 aliphatic heterocycles. The van der Waals surface area contributed by atoms with Gasteiger partial charge in [-0.15, -0.1) is 11.6 Å². The van der Waals surface area contributed by atoms with Crippen LogP contribution in [0.2, 0.25) is 0 Å². The molecule has 20 heavy (non-hydrogen) atoms. The number of alkyl halides is 1. The minimum absolute atomic E-state index is 0.360. The summed E-state index contributed by atoms with van der Waals surface area (Å²) in [6.07, 6.45) is 1.95. The molecule has 112 valence electrons. The molecule has 2 aromatic heterocycles. The van der Waals surface area contributed by atoms with Gasteiger partial charge in [-0.25, -0.2) is 4.98 Å². The van der Waals surface area contributed by atoms with E-state index in [1.165, 1.54) is 0 Å². The first kappa shape index (κ1) is 15.5. The van der Waals surface area contributed by atoms with E-state index in [1.807, 2.05) is 18.7 Å². The van der Waals surface area contributed by atoms with Crippen molar-refractivity contribution in [1.29, 1.82) is 0 Å². The molecule has 2 aromatic rings. The van der Waals surface area contributed by atoms with Crippen molar-refractivity contribution in [2.45, 2.75) is 39.1 Å². The first-order valence-electron chi connectivity index (χ1n) is 6.94. The zero-order valence-corrected chi connectivity index (χ0v) is 13.8. The van der Waals surface area contributed by atoms with Crippen LogP contribution >= 0.6 is 11.6 Å². The van der Waals surface area contributed by atoms with Crippen molar-refractivity contribution >= 4 is 33.6 Å². The Morgan fingerprint density at radius 3 is 2.70 bits per heavy atom. The molecule has 0 saturated heterocycles. The molecule has 0 spiro atoms. The van der Waals surface area contributed by atoms with Gasteiger partial charge in [0.1, 0.15) is 11.3 Å². The number of aromatic nitrogens is 4. The molecule has 0 N–H and O–H groups in total. The van der Waals surface area contributed by atoms with E-state index in [4.69, 9.17) is 11.6 Å². The number of hydrogen-bond donors (Lipinski definition) is 0. The Morgan fingerprint density at radius 1 is 1.35 bits per heavy atom. The summed E-state index contributed by atoms with van der Waals surface area (Å²) in [6, 6.07) is 0. The van der Waals surface area contributed by atoms with Crippen LogP contribution < -0.4 is 0 Å². The van der Waals surface area contributed by atoms with Crippen LogP contribution in [0, 0.1) is 0 Å². The van der Waals surface area contributed by atoms with Crippen LogP contribution in [0.1, 0.15) is 31.8 Å². The molecular weight excluding hydrogens is 296 g/mol. The van der Waals surface area contributed by atoms with Crippen LogP contribution in [0.3, 0.4) is 0 Å². The van der Waals surface area contributed by atoms with E-state index in [0.29, 0.717) is 23.9 Å². The summed E-state index contributed by atoms with van der Waals surface area (Å²) in [4.78, 5) is 4.62. The van der Waals surface area contributed by atoms with Gasteiger partial charge in [-0.1, -0.05) is 20.3 Å². The van der Waals surface area contributed by atoms with E-state index in [0.717, 1.165) is 35.5 Å². The van der Waals surface area contributed by atoms with Gasteiger partial charge in [-0.3, -0.25) is 8.89 Å². The molecule has 2 heterocycles. The molecule has 0 aromatic carbocycles. The third kappa shape index (κ3) is 2.91. The molecule has 0 saturated carbocycles. The second-order valence-corrected chi connectivity index (χ2v) is 6.87. The average molecular weight is 317 g/mol. The lowest BCUT2D eigenvalue weighted by Gasteiger charge is -2.07. The number of nitrogens with zero attached hydrogens (tertiary/aromatic N) is 4. The number of halogens is 1. The van der Waals surface area contributed by atoms with Gasteiger partial charge in [-0.2, -0.15) is 5.10 Å². The Kier molecular flexibility index (Phi) is 5.21. The first-order valence-corrected chi connectivity index (χ1v) is 8.96. The van der Waals surface area contributed by atoms with Crippen molar-refractivity contribution in [2.75, 3.05) is 11.5 Å². The lowest BCUT2D eigenvalue weighted by atomic mass is 10.2. The molecule has 0 bridgehead atoms. The van der Waals surface area contributed by atoms with Gasteiger partial charge in [-0.05, 0) is 6.42 Å². The number of rotatable bonds is 7. The maximum atomic E-state index is 11.7. The van der Waals surface area contributed by atoms with Crippen LogP contribution in [0.25, 0.3) is 11.2 Å². The normalized spacial score (nSPS) is 13.2. The Bertz CT molecular complexity index is 619. The van der Waals surface area contributed by atoms with E-state index >= 15 is 0 Å².